The maximum Gasteiger partial charge on any atom is 0.282 e. The Morgan fingerprint density at radius 2 is 1.56 bits per heavy atom. The standard InChI is InChI=1S/C27H28N6O3/c1-29-17-22(25-23(18-29)27(36)33(28-25)21-11-7-4-8-12-21)26(35)32-15-13-31(14-16-32)19-24(34)30(2)20-9-5-3-6-10-20/h3-12,17-18H,13-16,19H2,1-2H3. The second-order valence-corrected chi connectivity index (χ2v) is 9.01. The zero-order valence-corrected chi connectivity index (χ0v) is 20.4. The molecule has 2 aromatic carbocycles. The molecule has 9 heteroatoms. The Hall–Kier alpha value is -4.24. The molecule has 0 spiro atoms. The lowest BCUT2D eigenvalue weighted by molar-refractivity contribution is -0.119. The van der Waals surface area contributed by atoms with Crippen LogP contribution >= 0.6 is 0 Å². The molecule has 0 aromatic heterocycles. The fourth-order valence-corrected chi connectivity index (χ4v) is 4.51. The minimum atomic E-state index is -0.257. The molecule has 0 saturated carbocycles. The first kappa shape index (κ1) is 23.5. The van der Waals surface area contributed by atoms with Gasteiger partial charge in [0.15, 0.2) is 0 Å². The van der Waals surface area contributed by atoms with Crippen LogP contribution in [0, 0.1) is 0 Å². The Bertz CT molecular complexity index is 1400. The minimum absolute atomic E-state index is 0.00666. The number of pyridine rings is 1. The molecule has 0 radical (unpaired) electrons. The summed E-state index contributed by atoms with van der Waals surface area (Å²) in [5.74, 6) is -0.159. The fourth-order valence-electron chi connectivity index (χ4n) is 4.51. The van der Waals surface area contributed by atoms with Crippen molar-refractivity contribution in [3.63, 3.8) is 0 Å². The van der Waals surface area contributed by atoms with E-state index in [0.717, 1.165) is 5.69 Å². The Morgan fingerprint density at radius 3 is 2.22 bits per heavy atom. The second-order valence-electron chi connectivity index (χ2n) is 9.01. The second kappa shape index (κ2) is 9.79. The van der Waals surface area contributed by atoms with E-state index in [9.17, 15) is 14.4 Å². The molecule has 3 heterocycles. The van der Waals surface area contributed by atoms with E-state index in [-0.39, 0.29) is 17.4 Å². The number of hydrogen-bond donors (Lipinski definition) is 0. The first-order chi connectivity index (χ1) is 17.4. The van der Waals surface area contributed by atoms with E-state index in [1.807, 2.05) is 60.7 Å². The molecule has 0 N–H and O–H groups in total. The third kappa shape index (κ3) is 4.52. The quantitative estimate of drug-likeness (QED) is 0.433. The zero-order valence-electron chi connectivity index (χ0n) is 20.4. The third-order valence-corrected chi connectivity index (χ3v) is 6.57. The summed E-state index contributed by atoms with van der Waals surface area (Å²) in [7, 11) is 3.57. The number of likely N-dealkylation sites (N-methyl/N-ethyl adjacent to an activating group) is 1. The molecule has 0 bridgehead atoms. The van der Waals surface area contributed by atoms with Crippen molar-refractivity contribution in [2.75, 3.05) is 44.7 Å². The number of benzene rings is 2. The fraction of sp³-hybridized carbons (Fsp3) is 0.259. The number of carbonyl (C=O) groups excluding carboxylic acids is 2. The molecule has 36 heavy (non-hydrogen) atoms. The number of piperazine rings is 1. The summed E-state index contributed by atoms with van der Waals surface area (Å²) >= 11 is 0. The largest absolute Gasteiger partial charge is 0.356 e. The first-order valence-electron chi connectivity index (χ1n) is 11.9. The first-order valence-corrected chi connectivity index (χ1v) is 11.9. The van der Waals surface area contributed by atoms with Crippen molar-refractivity contribution in [3.05, 3.63) is 89.0 Å². The highest BCUT2D eigenvalue weighted by Crippen LogP contribution is 2.24. The van der Waals surface area contributed by atoms with Gasteiger partial charge in [-0.2, -0.15) is 9.78 Å². The molecule has 3 aliphatic heterocycles. The Balaban J connectivity index is 1.30. The summed E-state index contributed by atoms with van der Waals surface area (Å²) in [6, 6.07) is 18.7. The summed E-state index contributed by atoms with van der Waals surface area (Å²) in [6.07, 6.45) is 3.42. The SMILES string of the molecule is CN(C(=O)CN1CCN(C(=O)c2cn(C)cc3c(=O)n(-c4ccccc4)nc2-3)CC1)c1ccccc1. The Morgan fingerprint density at radius 1 is 0.917 bits per heavy atom. The van der Waals surface area contributed by atoms with Crippen LogP contribution in [0.2, 0.25) is 0 Å². The lowest BCUT2D eigenvalue weighted by Crippen LogP contribution is -2.51. The highest BCUT2D eigenvalue weighted by molar-refractivity contribution is 6.00. The van der Waals surface area contributed by atoms with Gasteiger partial charge in [0.25, 0.3) is 11.5 Å². The van der Waals surface area contributed by atoms with Gasteiger partial charge in [-0.05, 0) is 24.3 Å². The molecule has 9 nitrogen and oxygen atoms in total. The van der Waals surface area contributed by atoms with Crippen molar-refractivity contribution >= 4 is 17.5 Å². The Kier molecular flexibility index (Phi) is 6.39. The number of anilines is 1. The number of carbonyl (C=O) groups is 2. The number of fused-ring (bicyclic) bond motifs is 1. The molecular weight excluding hydrogens is 456 g/mol. The summed E-state index contributed by atoms with van der Waals surface area (Å²) in [6.45, 7) is 2.45. The molecule has 0 atom stereocenters. The average molecular weight is 485 g/mol. The predicted octanol–water partition coefficient (Wildman–Crippen LogP) is 2.10. The van der Waals surface area contributed by atoms with Crippen LogP contribution in [0.5, 0.6) is 0 Å². The van der Waals surface area contributed by atoms with Crippen molar-refractivity contribution < 1.29 is 9.59 Å². The van der Waals surface area contributed by atoms with Crippen molar-refractivity contribution in [3.8, 4) is 16.9 Å². The van der Waals surface area contributed by atoms with Gasteiger partial charge in [-0.3, -0.25) is 19.3 Å². The van der Waals surface area contributed by atoms with Gasteiger partial charge in [0.05, 0.1) is 23.4 Å². The van der Waals surface area contributed by atoms with Gasteiger partial charge in [-0.15, -0.1) is 0 Å². The van der Waals surface area contributed by atoms with Crippen LogP contribution in [0.3, 0.4) is 0 Å². The van der Waals surface area contributed by atoms with E-state index in [1.54, 1.807) is 40.9 Å². The highest BCUT2D eigenvalue weighted by Gasteiger charge is 2.29. The molecule has 0 unspecified atom stereocenters. The summed E-state index contributed by atoms with van der Waals surface area (Å²) in [4.78, 5) is 44.8. The number of aromatic nitrogens is 3. The van der Waals surface area contributed by atoms with Crippen LogP contribution in [-0.4, -0.2) is 75.7 Å². The van der Waals surface area contributed by atoms with E-state index in [0.29, 0.717) is 55.2 Å². The van der Waals surface area contributed by atoms with E-state index < -0.39 is 0 Å². The number of aryl methyl sites for hydroxylation is 1. The maximum absolute atomic E-state index is 13.5. The molecule has 1 fully saturated rings. The lowest BCUT2D eigenvalue weighted by Gasteiger charge is -2.35. The van der Waals surface area contributed by atoms with Gasteiger partial charge in [0, 0.05) is 58.4 Å². The van der Waals surface area contributed by atoms with Crippen molar-refractivity contribution in [2.45, 2.75) is 0 Å². The van der Waals surface area contributed by atoms with Crippen LogP contribution in [0.4, 0.5) is 5.69 Å². The van der Waals surface area contributed by atoms with Crippen molar-refractivity contribution in [1.82, 2.24) is 24.1 Å². The number of hydrogen-bond acceptors (Lipinski definition) is 5. The maximum atomic E-state index is 13.5. The van der Waals surface area contributed by atoms with Crippen molar-refractivity contribution in [2.24, 2.45) is 7.05 Å². The van der Waals surface area contributed by atoms with Crippen LogP contribution in [-0.2, 0) is 11.8 Å². The van der Waals surface area contributed by atoms with Crippen LogP contribution in [0.1, 0.15) is 10.4 Å². The number of amides is 2. The molecule has 184 valence electrons. The van der Waals surface area contributed by atoms with E-state index in [2.05, 4.69) is 10.00 Å². The summed E-state index contributed by atoms with van der Waals surface area (Å²) in [5, 5.41) is 4.52. The van der Waals surface area contributed by atoms with Gasteiger partial charge in [-0.1, -0.05) is 36.4 Å². The van der Waals surface area contributed by atoms with Gasteiger partial charge in [0.2, 0.25) is 5.91 Å². The molecule has 2 aromatic rings. The van der Waals surface area contributed by atoms with Gasteiger partial charge in [-0.25, -0.2) is 0 Å². The minimum Gasteiger partial charge on any atom is -0.356 e. The summed E-state index contributed by atoms with van der Waals surface area (Å²) in [5.41, 5.74) is 2.44. The molecule has 5 rings (SSSR count). The topological polar surface area (TPSA) is 83.7 Å². The van der Waals surface area contributed by atoms with Gasteiger partial charge in [0.1, 0.15) is 5.69 Å². The normalized spacial score (nSPS) is 14.2. The van der Waals surface area contributed by atoms with Crippen LogP contribution in [0.25, 0.3) is 16.9 Å². The van der Waals surface area contributed by atoms with Crippen LogP contribution in [0.15, 0.2) is 77.9 Å². The van der Waals surface area contributed by atoms with Crippen molar-refractivity contribution in [1.29, 1.82) is 0 Å². The molecule has 3 aliphatic rings. The monoisotopic (exact) mass is 484 g/mol. The Labute approximate surface area is 209 Å². The molecule has 0 aliphatic carbocycles. The summed E-state index contributed by atoms with van der Waals surface area (Å²) < 4.78 is 3.07. The molecule has 2 amide bonds. The highest BCUT2D eigenvalue weighted by atomic mass is 16.2. The molecule has 1 saturated heterocycles. The lowest BCUT2D eigenvalue weighted by atomic mass is 10.1. The van der Waals surface area contributed by atoms with Crippen LogP contribution < -0.4 is 10.5 Å². The number of rotatable bonds is 5. The number of para-hydroxylation sites is 2. The average Bonchev–Trinajstić information content (AvgIpc) is 3.24. The van der Waals surface area contributed by atoms with E-state index >= 15 is 0 Å². The van der Waals surface area contributed by atoms with Gasteiger partial charge < -0.3 is 14.4 Å². The van der Waals surface area contributed by atoms with E-state index in [4.69, 9.17) is 0 Å². The zero-order chi connectivity index (χ0) is 25.2. The predicted molar refractivity (Wildman–Crippen MR) is 138 cm³/mol. The smallest absolute Gasteiger partial charge is 0.282 e. The molecular formula is C27H28N6O3. The van der Waals surface area contributed by atoms with Gasteiger partial charge >= 0.3 is 0 Å². The number of nitrogens with zero attached hydrogens (tertiary/aromatic N) is 6. The third-order valence-electron chi connectivity index (χ3n) is 6.57. The van der Waals surface area contributed by atoms with E-state index in [1.165, 1.54) is 4.68 Å².